The van der Waals surface area contributed by atoms with Gasteiger partial charge < -0.3 is 16.0 Å². The molecular weight excluding hydrogens is 186 g/mol. The molecule has 0 bridgehead atoms. The summed E-state index contributed by atoms with van der Waals surface area (Å²) in [5, 5.41) is 3.50. The molecule has 1 aliphatic heterocycles. The van der Waals surface area contributed by atoms with Crippen LogP contribution < -0.4 is 16.0 Å². The lowest BCUT2D eigenvalue weighted by Crippen LogP contribution is -2.57. The van der Waals surface area contributed by atoms with Crippen molar-refractivity contribution in [3.05, 3.63) is 24.3 Å². The highest BCUT2D eigenvalue weighted by Gasteiger charge is 2.25. The second-order valence-electron chi connectivity index (χ2n) is 4.82. The Balaban J connectivity index is 2.13. The van der Waals surface area contributed by atoms with Gasteiger partial charge in [0.25, 0.3) is 0 Å². The molecule has 1 aliphatic rings. The fourth-order valence-electron chi connectivity index (χ4n) is 2.05. The number of anilines is 2. The molecule has 0 amide bonds. The summed E-state index contributed by atoms with van der Waals surface area (Å²) in [5.74, 6) is 0. The topological polar surface area (TPSA) is 41.3 Å². The normalized spacial score (nSPS) is 20.3. The Morgan fingerprint density at radius 1 is 1.27 bits per heavy atom. The van der Waals surface area contributed by atoms with Crippen molar-refractivity contribution in [2.75, 3.05) is 30.3 Å². The van der Waals surface area contributed by atoms with Gasteiger partial charge in [-0.15, -0.1) is 0 Å². The number of nitrogen functional groups attached to an aromatic ring is 1. The van der Waals surface area contributed by atoms with Crippen LogP contribution in [0, 0.1) is 0 Å². The maximum atomic E-state index is 5.68. The molecule has 15 heavy (non-hydrogen) atoms. The Kier molecular flexibility index (Phi) is 2.57. The fourth-order valence-corrected chi connectivity index (χ4v) is 2.05. The average Bonchev–Trinajstić information content (AvgIpc) is 2.17. The predicted octanol–water partition coefficient (Wildman–Crippen LogP) is 1.46. The van der Waals surface area contributed by atoms with E-state index in [1.165, 1.54) is 5.69 Å². The molecule has 0 atom stereocenters. The maximum absolute atomic E-state index is 5.68. The monoisotopic (exact) mass is 205 g/mol. The molecule has 3 nitrogen and oxygen atoms in total. The van der Waals surface area contributed by atoms with Crippen LogP contribution in [0.4, 0.5) is 11.4 Å². The van der Waals surface area contributed by atoms with Gasteiger partial charge in [-0.2, -0.15) is 0 Å². The van der Waals surface area contributed by atoms with Crippen molar-refractivity contribution in [1.82, 2.24) is 5.32 Å². The minimum atomic E-state index is 0.194. The third-order valence-corrected chi connectivity index (χ3v) is 2.83. The van der Waals surface area contributed by atoms with Crippen LogP contribution >= 0.6 is 0 Å². The third kappa shape index (κ3) is 2.42. The summed E-state index contributed by atoms with van der Waals surface area (Å²) in [6.07, 6.45) is 0. The van der Waals surface area contributed by atoms with Crippen molar-refractivity contribution in [2.45, 2.75) is 19.4 Å². The van der Waals surface area contributed by atoms with E-state index in [9.17, 15) is 0 Å². The number of benzene rings is 1. The highest BCUT2D eigenvalue weighted by atomic mass is 15.2. The van der Waals surface area contributed by atoms with Gasteiger partial charge in [0, 0.05) is 36.5 Å². The lowest BCUT2D eigenvalue weighted by atomic mass is 10.0. The zero-order valence-electron chi connectivity index (χ0n) is 9.46. The van der Waals surface area contributed by atoms with Crippen LogP contribution in [0.5, 0.6) is 0 Å². The van der Waals surface area contributed by atoms with Crippen LogP contribution in [0.15, 0.2) is 24.3 Å². The lowest BCUT2D eigenvalue weighted by Gasteiger charge is -2.40. The van der Waals surface area contributed by atoms with Gasteiger partial charge in [0.2, 0.25) is 0 Å². The number of rotatable bonds is 1. The van der Waals surface area contributed by atoms with Gasteiger partial charge in [0.1, 0.15) is 0 Å². The van der Waals surface area contributed by atoms with Crippen molar-refractivity contribution in [1.29, 1.82) is 0 Å². The Hall–Kier alpha value is -1.22. The highest BCUT2D eigenvalue weighted by Crippen LogP contribution is 2.20. The second kappa shape index (κ2) is 3.74. The quantitative estimate of drug-likeness (QED) is 0.682. The first-order valence-electron chi connectivity index (χ1n) is 5.42. The molecule has 1 saturated heterocycles. The van der Waals surface area contributed by atoms with Gasteiger partial charge in [-0.05, 0) is 38.1 Å². The van der Waals surface area contributed by atoms with Crippen LogP contribution in [-0.2, 0) is 0 Å². The van der Waals surface area contributed by atoms with Gasteiger partial charge >= 0.3 is 0 Å². The summed E-state index contributed by atoms with van der Waals surface area (Å²) >= 11 is 0. The minimum Gasteiger partial charge on any atom is -0.399 e. The molecule has 1 aromatic rings. The van der Waals surface area contributed by atoms with E-state index >= 15 is 0 Å². The van der Waals surface area contributed by atoms with E-state index in [1.807, 2.05) is 12.1 Å². The highest BCUT2D eigenvalue weighted by molar-refractivity contribution is 5.53. The van der Waals surface area contributed by atoms with Crippen LogP contribution in [0.2, 0.25) is 0 Å². The van der Waals surface area contributed by atoms with Gasteiger partial charge in [0.05, 0.1) is 0 Å². The zero-order valence-corrected chi connectivity index (χ0v) is 9.46. The molecule has 82 valence electrons. The summed E-state index contributed by atoms with van der Waals surface area (Å²) in [6, 6.07) is 8.11. The lowest BCUT2D eigenvalue weighted by molar-refractivity contribution is 0.353. The van der Waals surface area contributed by atoms with E-state index < -0.39 is 0 Å². The molecule has 1 aromatic carbocycles. The smallest absolute Gasteiger partial charge is 0.0368 e. The molecule has 0 spiro atoms. The third-order valence-electron chi connectivity index (χ3n) is 2.83. The molecule has 3 heteroatoms. The minimum absolute atomic E-state index is 0.194. The first-order valence-corrected chi connectivity index (χ1v) is 5.42. The molecule has 0 aliphatic carbocycles. The van der Waals surface area contributed by atoms with Crippen molar-refractivity contribution >= 4 is 11.4 Å². The number of nitrogens with two attached hydrogens (primary N) is 1. The Morgan fingerprint density at radius 3 is 2.53 bits per heavy atom. The number of piperazine rings is 1. The molecule has 3 N–H and O–H groups in total. The molecule has 1 fully saturated rings. The molecule has 0 radical (unpaired) electrons. The number of hydrogen-bond donors (Lipinski definition) is 2. The maximum Gasteiger partial charge on any atom is 0.0368 e. The van der Waals surface area contributed by atoms with Crippen LogP contribution in [0.25, 0.3) is 0 Å². The molecular formula is C12H19N3. The van der Waals surface area contributed by atoms with E-state index in [4.69, 9.17) is 5.73 Å². The SMILES string of the molecule is CC1(C)CN(c2ccc(N)cc2)CCN1. The van der Waals surface area contributed by atoms with E-state index in [-0.39, 0.29) is 5.54 Å². The Morgan fingerprint density at radius 2 is 1.93 bits per heavy atom. The van der Waals surface area contributed by atoms with Gasteiger partial charge in [-0.1, -0.05) is 0 Å². The van der Waals surface area contributed by atoms with E-state index in [0.29, 0.717) is 0 Å². The Labute approximate surface area is 91.3 Å². The fraction of sp³-hybridized carbons (Fsp3) is 0.500. The van der Waals surface area contributed by atoms with Crippen molar-refractivity contribution < 1.29 is 0 Å². The second-order valence-corrected chi connectivity index (χ2v) is 4.82. The molecule has 0 unspecified atom stereocenters. The van der Waals surface area contributed by atoms with E-state index in [1.54, 1.807) is 0 Å². The Bertz CT molecular complexity index is 329. The summed E-state index contributed by atoms with van der Waals surface area (Å²) < 4.78 is 0. The van der Waals surface area contributed by atoms with Crippen molar-refractivity contribution in [3.63, 3.8) is 0 Å². The summed E-state index contributed by atoms with van der Waals surface area (Å²) in [5.41, 5.74) is 7.96. The molecule has 0 aromatic heterocycles. The largest absolute Gasteiger partial charge is 0.399 e. The first kappa shape index (κ1) is 10.3. The standard InChI is InChI=1S/C12H19N3/c1-12(2)9-15(8-7-14-12)11-5-3-10(13)4-6-11/h3-6,14H,7-9,13H2,1-2H3. The zero-order chi connectivity index (χ0) is 10.9. The van der Waals surface area contributed by atoms with Gasteiger partial charge in [0.15, 0.2) is 0 Å². The number of nitrogens with one attached hydrogen (secondary N) is 1. The predicted molar refractivity (Wildman–Crippen MR) is 65.1 cm³/mol. The number of nitrogens with zero attached hydrogens (tertiary/aromatic N) is 1. The van der Waals surface area contributed by atoms with E-state index in [0.717, 1.165) is 25.3 Å². The van der Waals surface area contributed by atoms with Gasteiger partial charge in [-0.3, -0.25) is 0 Å². The van der Waals surface area contributed by atoms with Crippen LogP contribution in [-0.4, -0.2) is 25.2 Å². The first-order chi connectivity index (χ1) is 7.07. The van der Waals surface area contributed by atoms with E-state index in [2.05, 4.69) is 36.2 Å². The molecule has 2 rings (SSSR count). The average molecular weight is 205 g/mol. The summed E-state index contributed by atoms with van der Waals surface area (Å²) in [7, 11) is 0. The van der Waals surface area contributed by atoms with Crippen LogP contribution in [0.1, 0.15) is 13.8 Å². The molecule has 0 saturated carbocycles. The van der Waals surface area contributed by atoms with Crippen molar-refractivity contribution in [2.24, 2.45) is 0 Å². The van der Waals surface area contributed by atoms with Crippen molar-refractivity contribution in [3.8, 4) is 0 Å². The molecule has 1 heterocycles. The summed E-state index contributed by atoms with van der Waals surface area (Å²) in [4.78, 5) is 2.40. The number of hydrogen-bond acceptors (Lipinski definition) is 3. The summed E-state index contributed by atoms with van der Waals surface area (Å²) in [6.45, 7) is 7.61. The van der Waals surface area contributed by atoms with Crippen LogP contribution in [0.3, 0.4) is 0 Å². The van der Waals surface area contributed by atoms with Gasteiger partial charge in [-0.25, -0.2) is 0 Å².